The molecular formula is C16H28FNO3S. The number of ether oxygens (including phenoxy) is 1. The molecule has 0 bridgehead atoms. The molecule has 0 radical (unpaired) electrons. The van der Waals surface area contributed by atoms with E-state index in [0.717, 1.165) is 30.6 Å². The number of nitrogens with two attached hydrogens (primary N) is 1. The quantitative estimate of drug-likeness (QED) is 0.653. The fourth-order valence-corrected chi connectivity index (χ4v) is 2.24. The predicted octanol–water partition coefficient (Wildman–Crippen LogP) is 3.60. The van der Waals surface area contributed by atoms with Crippen LogP contribution in [-0.2, 0) is 17.3 Å². The number of rotatable bonds is 4. The Hall–Kier alpha value is -1.14. The number of unbranched alkanes of at least 4 members (excludes halogenated alkanes) is 2. The molecule has 0 amide bonds. The van der Waals surface area contributed by atoms with Crippen molar-refractivity contribution < 1.29 is 17.5 Å². The predicted molar refractivity (Wildman–Crippen MR) is 89.1 cm³/mol. The molecule has 1 aromatic carbocycles. The number of aryl methyl sites for hydroxylation is 1. The molecule has 1 aliphatic heterocycles. The van der Waals surface area contributed by atoms with Gasteiger partial charge in [-0.15, -0.1) is 0 Å². The van der Waals surface area contributed by atoms with E-state index in [2.05, 4.69) is 12.1 Å². The normalized spacial score (nSPS) is 15.6. The minimum absolute atomic E-state index is 0.160. The average molecular weight is 333 g/mol. The monoisotopic (exact) mass is 333 g/mol. The lowest BCUT2D eigenvalue weighted by molar-refractivity contribution is 0.160. The first-order valence-electron chi connectivity index (χ1n) is 7.87. The van der Waals surface area contributed by atoms with E-state index < -0.39 is 10.9 Å². The summed E-state index contributed by atoms with van der Waals surface area (Å²) in [4.78, 5) is 0. The van der Waals surface area contributed by atoms with Crippen molar-refractivity contribution in [2.75, 3.05) is 0 Å². The van der Waals surface area contributed by atoms with Gasteiger partial charge in [0.25, 0.3) is 0 Å². The number of hydrogen-bond donors (Lipinski definition) is 2. The molecule has 2 N–H and O–H groups in total. The summed E-state index contributed by atoms with van der Waals surface area (Å²) in [6.45, 7) is 6.21. The van der Waals surface area contributed by atoms with Gasteiger partial charge in [0.1, 0.15) is 11.6 Å². The highest BCUT2D eigenvalue weighted by Crippen LogP contribution is 2.29. The van der Waals surface area contributed by atoms with Crippen molar-refractivity contribution in [2.45, 2.75) is 65.4 Å². The molecule has 128 valence electrons. The van der Waals surface area contributed by atoms with Crippen LogP contribution in [0, 0.1) is 5.82 Å². The first-order valence-corrected chi connectivity index (χ1v) is 9.11. The van der Waals surface area contributed by atoms with E-state index >= 15 is 0 Å². The van der Waals surface area contributed by atoms with Crippen LogP contribution in [0.5, 0.6) is 5.75 Å². The second-order valence-corrected chi connectivity index (χ2v) is 5.38. The van der Waals surface area contributed by atoms with Crippen molar-refractivity contribution >= 4 is 10.9 Å². The van der Waals surface area contributed by atoms with Gasteiger partial charge in [-0.05, 0) is 49.4 Å². The maximum Gasteiger partial charge on any atom is 0.198 e. The summed E-state index contributed by atoms with van der Waals surface area (Å²) in [5, 5.41) is 4.06. The van der Waals surface area contributed by atoms with E-state index in [0.29, 0.717) is 6.10 Å². The third-order valence-electron chi connectivity index (χ3n) is 3.18. The topological polar surface area (TPSA) is 69.4 Å². The van der Waals surface area contributed by atoms with Crippen LogP contribution in [0.3, 0.4) is 0 Å². The highest BCUT2D eigenvalue weighted by molar-refractivity contribution is 7.69. The van der Waals surface area contributed by atoms with Crippen molar-refractivity contribution in [1.82, 2.24) is 0 Å². The first kappa shape index (κ1) is 20.9. The Balaban J connectivity index is 0.000000640. The zero-order chi connectivity index (χ0) is 17.0. The molecule has 6 heteroatoms. The number of fused-ring (bicyclic) bond motifs is 1. The largest absolute Gasteiger partial charge is 0.490 e. The molecule has 0 saturated heterocycles. The third-order valence-corrected chi connectivity index (χ3v) is 3.18. The Kier molecular flexibility index (Phi) is 11.8. The molecule has 22 heavy (non-hydrogen) atoms. The van der Waals surface area contributed by atoms with Crippen LogP contribution in [0.2, 0.25) is 0 Å². The molecule has 1 heterocycles. The van der Waals surface area contributed by atoms with E-state index in [1.54, 1.807) is 12.1 Å². The van der Waals surface area contributed by atoms with Crippen LogP contribution in [0.25, 0.3) is 0 Å². The summed E-state index contributed by atoms with van der Waals surface area (Å²) in [5.74, 6) is 0.723. The van der Waals surface area contributed by atoms with Gasteiger partial charge in [-0.25, -0.2) is 17.9 Å². The Morgan fingerprint density at radius 2 is 1.95 bits per heavy atom. The lowest BCUT2D eigenvalue weighted by atomic mass is 9.98. The van der Waals surface area contributed by atoms with E-state index in [-0.39, 0.29) is 5.82 Å². The average Bonchev–Trinajstić information content (AvgIpc) is 2.49. The van der Waals surface area contributed by atoms with Crippen molar-refractivity contribution in [2.24, 2.45) is 5.14 Å². The van der Waals surface area contributed by atoms with E-state index in [1.165, 1.54) is 25.3 Å². The minimum Gasteiger partial charge on any atom is -0.490 e. The molecule has 1 unspecified atom stereocenters. The van der Waals surface area contributed by atoms with Gasteiger partial charge in [0.15, 0.2) is 10.9 Å². The number of thiol groups is 1. The lowest BCUT2D eigenvalue weighted by Crippen LogP contribution is -2.22. The summed E-state index contributed by atoms with van der Waals surface area (Å²) in [6, 6.07) is 4.83. The fourth-order valence-electron chi connectivity index (χ4n) is 2.24. The van der Waals surface area contributed by atoms with Gasteiger partial charge in [0.2, 0.25) is 0 Å². The smallest absolute Gasteiger partial charge is 0.198 e. The van der Waals surface area contributed by atoms with Crippen molar-refractivity contribution in [3.8, 4) is 5.75 Å². The number of hydrogen-bond acceptors (Lipinski definition) is 3. The van der Waals surface area contributed by atoms with Crippen LogP contribution in [0.15, 0.2) is 18.2 Å². The Labute approximate surface area is 134 Å². The van der Waals surface area contributed by atoms with Crippen molar-refractivity contribution in [3.63, 3.8) is 0 Å². The first-order chi connectivity index (χ1) is 10.5. The Morgan fingerprint density at radius 1 is 1.32 bits per heavy atom. The molecule has 2 rings (SSSR count). The fraction of sp³-hybridized carbons (Fsp3) is 0.625. The molecule has 4 nitrogen and oxygen atoms in total. The molecule has 0 fully saturated rings. The van der Waals surface area contributed by atoms with E-state index in [4.69, 9.17) is 13.2 Å². The maximum atomic E-state index is 13.0. The zero-order valence-corrected chi connectivity index (χ0v) is 14.6. The summed E-state index contributed by atoms with van der Waals surface area (Å²) < 4.78 is 36.5. The molecular weight excluding hydrogens is 305 g/mol. The van der Waals surface area contributed by atoms with Crippen LogP contribution in [0.4, 0.5) is 4.39 Å². The summed E-state index contributed by atoms with van der Waals surface area (Å²) in [5.41, 5.74) is 1.02. The molecule has 0 spiro atoms. The van der Waals surface area contributed by atoms with Crippen LogP contribution >= 0.6 is 0 Å². The zero-order valence-electron chi connectivity index (χ0n) is 13.7. The highest BCUT2D eigenvalue weighted by Gasteiger charge is 2.19. The molecule has 0 aliphatic carbocycles. The van der Waals surface area contributed by atoms with Gasteiger partial charge in [0.05, 0.1) is 6.10 Å². The minimum atomic E-state index is -2.62. The molecule has 1 atom stereocenters. The van der Waals surface area contributed by atoms with Crippen LogP contribution < -0.4 is 9.88 Å². The van der Waals surface area contributed by atoms with Gasteiger partial charge < -0.3 is 4.74 Å². The number of halogens is 1. The molecule has 0 saturated carbocycles. The van der Waals surface area contributed by atoms with Gasteiger partial charge in [-0.3, -0.25) is 0 Å². The van der Waals surface area contributed by atoms with Gasteiger partial charge >= 0.3 is 0 Å². The third kappa shape index (κ3) is 9.00. The summed E-state index contributed by atoms with van der Waals surface area (Å²) >= 11 is 0. The standard InChI is InChI=1S/C14H19FO.C2H6.H3NO2S/c1-2-3-4-5-13-8-6-11-10-12(15)7-9-14(11)16-13;1-2;1-4(2)3/h7,9-10,13H,2-6,8H2,1H3;1-2H3;4H,(H2,1,2,3). The van der Waals surface area contributed by atoms with E-state index in [9.17, 15) is 4.39 Å². The summed E-state index contributed by atoms with van der Waals surface area (Å²) in [6.07, 6.45) is 7.20. The lowest BCUT2D eigenvalue weighted by Gasteiger charge is -2.26. The molecule has 1 aliphatic rings. The van der Waals surface area contributed by atoms with Gasteiger partial charge in [-0.1, -0.05) is 33.6 Å². The second kappa shape index (κ2) is 12.4. The van der Waals surface area contributed by atoms with E-state index in [1.807, 2.05) is 13.8 Å². The van der Waals surface area contributed by atoms with Gasteiger partial charge in [-0.2, -0.15) is 0 Å². The molecule has 0 aromatic heterocycles. The Morgan fingerprint density at radius 3 is 2.55 bits per heavy atom. The number of benzene rings is 1. The van der Waals surface area contributed by atoms with Crippen molar-refractivity contribution in [1.29, 1.82) is 0 Å². The van der Waals surface area contributed by atoms with Gasteiger partial charge in [0, 0.05) is 0 Å². The van der Waals surface area contributed by atoms with Crippen LogP contribution in [0.1, 0.15) is 58.4 Å². The summed E-state index contributed by atoms with van der Waals surface area (Å²) in [7, 11) is -2.62. The van der Waals surface area contributed by atoms with Crippen molar-refractivity contribution in [3.05, 3.63) is 29.6 Å². The van der Waals surface area contributed by atoms with Crippen LogP contribution in [-0.4, -0.2) is 14.5 Å². The molecule has 1 aromatic rings. The SMILES string of the molecule is CC.CCCCCC1CCc2cc(F)ccc2O1.N[SH](=O)=O. The maximum absolute atomic E-state index is 13.0. The second-order valence-electron chi connectivity index (χ2n) is 4.81. The highest BCUT2D eigenvalue weighted by atomic mass is 32.2. The Bertz CT molecular complexity index is 484.